The summed E-state index contributed by atoms with van der Waals surface area (Å²) in [4.78, 5) is 13.2. The maximum Gasteiger partial charge on any atom is 0.410 e. The number of fused-ring (bicyclic) bond motifs is 1. The summed E-state index contributed by atoms with van der Waals surface area (Å²) < 4.78 is 48.8. The molecule has 1 aliphatic heterocycles. The smallest absolute Gasteiger partial charge is 0.410 e. The number of hydrogen-bond acceptors (Lipinski definition) is 4. The lowest BCUT2D eigenvalue weighted by molar-refractivity contribution is -0.173. The molecule has 1 aromatic heterocycles. The first-order valence-electron chi connectivity index (χ1n) is 13.1. The van der Waals surface area contributed by atoms with Crippen molar-refractivity contribution in [3.05, 3.63) is 113 Å². The van der Waals surface area contributed by atoms with Crippen molar-refractivity contribution in [1.82, 2.24) is 9.78 Å². The maximum absolute atomic E-state index is 14.0. The Morgan fingerprint density at radius 3 is 2.33 bits per heavy atom. The first-order valence-corrected chi connectivity index (χ1v) is 13.1. The summed E-state index contributed by atoms with van der Waals surface area (Å²) >= 11 is 0. The van der Waals surface area contributed by atoms with Crippen molar-refractivity contribution < 1.29 is 22.7 Å². The van der Waals surface area contributed by atoms with Crippen LogP contribution in [0.1, 0.15) is 64.5 Å². The largest absolute Gasteiger partial charge is 0.489 e. The molecule has 39 heavy (non-hydrogen) atoms. The van der Waals surface area contributed by atoms with Crippen molar-refractivity contribution in [2.24, 2.45) is 0 Å². The number of aryl methyl sites for hydroxylation is 2. The van der Waals surface area contributed by atoms with Crippen molar-refractivity contribution in [2.45, 2.75) is 57.5 Å². The second-order valence-corrected chi connectivity index (χ2v) is 9.78. The molecule has 1 N–H and O–H groups in total. The van der Waals surface area contributed by atoms with Crippen LogP contribution in [0.3, 0.4) is 0 Å². The van der Waals surface area contributed by atoms with Crippen LogP contribution < -0.4 is 10.1 Å². The average molecular weight is 534 g/mol. The Balaban J connectivity index is 1.27. The van der Waals surface area contributed by atoms with E-state index in [2.05, 4.69) is 10.4 Å². The van der Waals surface area contributed by atoms with Gasteiger partial charge in [0.15, 0.2) is 11.8 Å². The van der Waals surface area contributed by atoms with Crippen molar-refractivity contribution >= 4 is 11.6 Å². The Bertz CT molecular complexity index is 1400. The second-order valence-electron chi connectivity index (χ2n) is 9.78. The van der Waals surface area contributed by atoms with Gasteiger partial charge in [-0.2, -0.15) is 18.3 Å². The molecule has 2 atom stereocenters. The highest BCUT2D eigenvalue weighted by Gasteiger charge is 2.47. The number of nitrogens with zero attached hydrogens (tertiary/aromatic N) is 2. The van der Waals surface area contributed by atoms with Gasteiger partial charge in [0.05, 0.1) is 17.8 Å². The molecule has 202 valence electrons. The van der Waals surface area contributed by atoms with E-state index < -0.39 is 18.3 Å². The highest BCUT2D eigenvalue weighted by atomic mass is 19.4. The number of benzene rings is 3. The van der Waals surface area contributed by atoms with E-state index in [0.29, 0.717) is 13.0 Å². The van der Waals surface area contributed by atoms with Crippen LogP contribution in [0.5, 0.6) is 5.75 Å². The Hall–Kier alpha value is -4.07. The van der Waals surface area contributed by atoms with Gasteiger partial charge in [0.2, 0.25) is 0 Å². The summed E-state index contributed by atoms with van der Waals surface area (Å²) in [7, 11) is 0. The van der Waals surface area contributed by atoms with E-state index in [9.17, 15) is 18.0 Å². The molecule has 1 aliphatic rings. The highest BCUT2D eigenvalue weighted by Crippen LogP contribution is 2.44. The van der Waals surface area contributed by atoms with Gasteiger partial charge in [-0.15, -0.1) is 0 Å². The molecule has 4 aromatic rings. The van der Waals surface area contributed by atoms with Crippen molar-refractivity contribution in [1.29, 1.82) is 0 Å². The minimum Gasteiger partial charge on any atom is -0.489 e. The molecule has 0 saturated carbocycles. The highest BCUT2D eigenvalue weighted by molar-refractivity contribution is 6.00. The van der Waals surface area contributed by atoms with Crippen molar-refractivity contribution in [3.8, 4) is 5.75 Å². The van der Waals surface area contributed by atoms with Crippen LogP contribution in [0.25, 0.3) is 0 Å². The second kappa shape index (κ2) is 11.4. The van der Waals surface area contributed by atoms with Crippen LogP contribution in [0.4, 0.5) is 19.0 Å². The summed E-state index contributed by atoms with van der Waals surface area (Å²) in [5.74, 6) is 0.596. The number of ketones is 1. The van der Waals surface area contributed by atoms with E-state index >= 15 is 0 Å². The molecular weight excluding hydrogens is 503 g/mol. The van der Waals surface area contributed by atoms with Crippen LogP contribution in [-0.4, -0.2) is 21.7 Å². The number of nitrogens with one attached hydrogen (secondary N) is 1. The van der Waals surface area contributed by atoms with E-state index in [1.165, 1.54) is 6.20 Å². The van der Waals surface area contributed by atoms with Gasteiger partial charge in [-0.3, -0.25) is 4.79 Å². The fraction of sp³-hybridized carbons (Fsp3) is 0.290. The van der Waals surface area contributed by atoms with Gasteiger partial charge in [-0.1, -0.05) is 73.7 Å². The number of rotatable bonds is 9. The molecular formula is C31H30F3N3O2. The fourth-order valence-corrected chi connectivity index (χ4v) is 4.86. The van der Waals surface area contributed by atoms with Gasteiger partial charge in [0, 0.05) is 12.8 Å². The lowest BCUT2D eigenvalue weighted by atomic mass is 9.95. The quantitative estimate of drug-likeness (QED) is 0.226. The first kappa shape index (κ1) is 26.5. The van der Waals surface area contributed by atoms with Gasteiger partial charge in [0.25, 0.3) is 0 Å². The lowest BCUT2D eigenvalue weighted by Crippen LogP contribution is -2.36. The minimum absolute atomic E-state index is 0.128. The molecule has 0 saturated heterocycles. The number of carbonyl (C=O) groups is 1. The van der Waals surface area contributed by atoms with E-state index in [0.717, 1.165) is 39.1 Å². The summed E-state index contributed by atoms with van der Waals surface area (Å²) in [5.41, 5.74) is 4.05. The van der Waals surface area contributed by atoms with Crippen LogP contribution >= 0.6 is 0 Å². The molecule has 0 radical (unpaired) electrons. The standard InChI is InChI=1S/C31H30F3N3O2/c1-2-21-8-13-24(14-9-21)27-18-29(31(32,33)34)37-30(36-27)26(19-35-37)28(38)17-12-22-10-15-25(16-11-22)39-20-23-6-4-3-5-7-23/h3-11,13-16,19,27,29,36H,2,12,17-18,20H2,1H3. The zero-order chi connectivity index (χ0) is 27.4. The molecule has 0 aliphatic carbocycles. The number of aromatic nitrogens is 2. The van der Waals surface area contributed by atoms with Gasteiger partial charge < -0.3 is 10.1 Å². The van der Waals surface area contributed by atoms with E-state index in [1.54, 1.807) is 0 Å². The number of alkyl halides is 3. The molecule has 5 rings (SSSR count). The molecule has 0 bridgehead atoms. The molecule has 0 spiro atoms. The molecule has 2 unspecified atom stereocenters. The lowest BCUT2D eigenvalue weighted by Gasteiger charge is -2.34. The third kappa shape index (κ3) is 6.16. The molecule has 8 heteroatoms. The summed E-state index contributed by atoms with van der Waals surface area (Å²) in [5, 5.41) is 7.17. The Morgan fingerprint density at radius 2 is 1.67 bits per heavy atom. The zero-order valence-corrected chi connectivity index (χ0v) is 21.6. The van der Waals surface area contributed by atoms with Crippen LogP contribution in [0, 0.1) is 0 Å². The normalized spacial score (nSPS) is 16.8. The van der Waals surface area contributed by atoms with E-state index in [-0.39, 0.29) is 30.0 Å². The number of ether oxygens (including phenoxy) is 1. The number of halogens is 3. The topological polar surface area (TPSA) is 56.2 Å². The zero-order valence-electron chi connectivity index (χ0n) is 21.6. The Morgan fingerprint density at radius 1 is 0.974 bits per heavy atom. The molecule has 5 nitrogen and oxygen atoms in total. The number of Topliss-reactive ketones (excluding diaryl/α,β-unsaturated/α-hetero) is 1. The van der Waals surface area contributed by atoms with Crippen LogP contribution in [0.2, 0.25) is 0 Å². The SMILES string of the molecule is CCc1ccc(C2CC(C(F)(F)F)n3ncc(C(=O)CCc4ccc(OCc5ccccc5)cc4)c3N2)cc1. The van der Waals surface area contributed by atoms with Crippen molar-refractivity contribution in [2.75, 3.05) is 5.32 Å². The number of hydrogen-bond donors (Lipinski definition) is 1. The van der Waals surface area contributed by atoms with E-state index in [1.807, 2.05) is 85.8 Å². The third-order valence-electron chi connectivity index (χ3n) is 7.14. The maximum atomic E-state index is 14.0. The molecule has 3 aromatic carbocycles. The Labute approximate surface area is 225 Å². The molecule has 0 fully saturated rings. The van der Waals surface area contributed by atoms with Crippen molar-refractivity contribution in [3.63, 3.8) is 0 Å². The number of anilines is 1. The summed E-state index contributed by atoms with van der Waals surface area (Å²) in [6.45, 7) is 2.49. The fourth-order valence-electron chi connectivity index (χ4n) is 4.86. The average Bonchev–Trinajstić information content (AvgIpc) is 3.39. The summed E-state index contributed by atoms with van der Waals surface area (Å²) in [6, 6.07) is 22.5. The van der Waals surface area contributed by atoms with Gasteiger partial charge >= 0.3 is 6.18 Å². The van der Waals surface area contributed by atoms with Gasteiger partial charge in [-0.05, 0) is 47.2 Å². The van der Waals surface area contributed by atoms with Gasteiger partial charge in [-0.25, -0.2) is 4.68 Å². The minimum atomic E-state index is -4.49. The molecule has 0 amide bonds. The van der Waals surface area contributed by atoms with Crippen LogP contribution in [-0.2, 0) is 19.4 Å². The van der Waals surface area contributed by atoms with Gasteiger partial charge in [0.1, 0.15) is 18.2 Å². The monoisotopic (exact) mass is 533 g/mol. The predicted molar refractivity (Wildman–Crippen MR) is 144 cm³/mol. The molecule has 2 heterocycles. The Kier molecular flexibility index (Phi) is 7.72. The predicted octanol–water partition coefficient (Wildman–Crippen LogP) is 7.50. The summed E-state index contributed by atoms with van der Waals surface area (Å²) in [6.07, 6.45) is -1.99. The van der Waals surface area contributed by atoms with E-state index in [4.69, 9.17) is 4.74 Å². The van der Waals surface area contributed by atoms with Crippen LogP contribution in [0.15, 0.2) is 85.1 Å². The first-order chi connectivity index (χ1) is 18.8. The third-order valence-corrected chi connectivity index (χ3v) is 7.14. The number of carbonyl (C=O) groups excluding carboxylic acids is 1.